The molecule has 0 spiro atoms. The van der Waals surface area contributed by atoms with Crippen molar-refractivity contribution < 1.29 is 0 Å². The van der Waals surface area contributed by atoms with Crippen LogP contribution in [-0.2, 0) is 6.42 Å². The van der Waals surface area contributed by atoms with E-state index >= 15 is 0 Å². The van der Waals surface area contributed by atoms with Crippen molar-refractivity contribution >= 4 is 32.5 Å². The fourth-order valence-electron chi connectivity index (χ4n) is 2.37. The maximum Gasteiger partial charge on any atom is 0.0732 e. The van der Waals surface area contributed by atoms with Crippen molar-refractivity contribution in [3.8, 4) is 0 Å². The van der Waals surface area contributed by atoms with Crippen LogP contribution in [0, 0.1) is 13.8 Å². The molecule has 102 valence electrons. The van der Waals surface area contributed by atoms with Crippen LogP contribution < -0.4 is 5.32 Å². The number of benzene rings is 1. The standard InChI is InChI=1S/C16H21BrN2/c1-5-7-18-13-9-12(6-2)19-14-8-10(3)16(17)11(4)15(13)14/h8-9H,5-7H2,1-4H3,(H,18,19). The van der Waals surface area contributed by atoms with Gasteiger partial charge in [-0.1, -0.05) is 29.8 Å². The van der Waals surface area contributed by atoms with Gasteiger partial charge in [-0.3, -0.25) is 4.98 Å². The van der Waals surface area contributed by atoms with E-state index in [-0.39, 0.29) is 0 Å². The highest BCUT2D eigenvalue weighted by Crippen LogP contribution is 2.33. The number of aryl methyl sites for hydroxylation is 3. The zero-order valence-corrected chi connectivity index (χ0v) is 13.7. The molecule has 0 bridgehead atoms. The summed E-state index contributed by atoms with van der Waals surface area (Å²) in [5.41, 5.74) is 5.96. The summed E-state index contributed by atoms with van der Waals surface area (Å²) >= 11 is 3.68. The predicted octanol–water partition coefficient (Wildman–Crippen LogP) is 5.00. The van der Waals surface area contributed by atoms with Gasteiger partial charge in [-0.2, -0.15) is 0 Å². The second-order valence-electron chi connectivity index (χ2n) is 4.97. The average molecular weight is 321 g/mol. The Morgan fingerprint density at radius 3 is 2.58 bits per heavy atom. The van der Waals surface area contributed by atoms with Crippen molar-refractivity contribution in [1.29, 1.82) is 0 Å². The zero-order chi connectivity index (χ0) is 14.0. The number of hydrogen-bond acceptors (Lipinski definition) is 2. The van der Waals surface area contributed by atoms with Gasteiger partial charge in [-0.15, -0.1) is 0 Å². The molecule has 19 heavy (non-hydrogen) atoms. The number of nitrogens with zero attached hydrogens (tertiary/aromatic N) is 1. The van der Waals surface area contributed by atoms with Gasteiger partial charge in [0.25, 0.3) is 0 Å². The lowest BCUT2D eigenvalue weighted by Gasteiger charge is -2.15. The van der Waals surface area contributed by atoms with Crippen LogP contribution in [-0.4, -0.2) is 11.5 Å². The molecule has 1 aromatic heterocycles. The van der Waals surface area contributed by atoms with Crippen LogP contribution in [0.15, 0.2) is 16.6 Å². The first kappa shape index (κ1) is 14.3. The van der Waals surface area contributed by atoms with E-state index in [1.807, 2.05) is 0 Å². The lowest BCUT2D eigenvalue weighted by Crippen LogP contribution is -2.04. The molecule has 0 saturated carbocycles. The summed E-state index contributed by atoms with van der Waals surface area (Å²) in [6.45, 7) is 9.60. The Morgan fingerprint density at radius 1 is 1.21 bits per heavy atom. The van der Waals surface area contributed by atoms with E-state index in [2.05, 4.69) is 61.1 Å². The first-order chi connectivity index (χ1) is 9.08. The summed E-state index contributed by atoms with van der Waals surface area (Å²) in [5.74, 6) is 0. The Morgan fingerprint density at radius 2 is 1.95 bits per heavy atom. The molecule has 2 aromatic rings. The zero-order valence-electron chi connectivity index (χ0n) is 12.1. The minimum Gasteiger partial charge on any atom is -0.384 e. The Hall–Kier alpha value is -1.09. The Bertz CT molecular complexity index is 605. The monoisotopic (exact) mass is 320 g/mol. The molecule has 2 rings (SSSR count). The molecule has 0 fully saturated rings. The molecule has 0 atom stereocenters. The summed E-state index contributed by atoms with van der Waals surface area (Å²) in [6.07, 6.45) is 2.09. The third-order valence-corrected chi connectivity index (χ3v) is 4.65. The van der Waals surface area contributed by atoms with E-state index in [1.165, 1.54) is 26.7 Å². The second kappa shape index (κ2) is 5.91. The van der Waals surface area contributed by atoms with Gasteiger partial charge in [0, 0.05) is 27.8 Å². The largest absolute Gasteiger partial charge is 0.384 e. The first-order valence-electron chi connectivity index (χ1n) is 6.91. The topological polar surface area (TPSA) is 24.9 Å². The van der Waals surface area contributed by atoms with Gasteiger partial charge in [0.1, 0.15) is 0 Å². The maximum atomic E-state index is 4.76. The third kappa shape index (κ3) is 2.76. The summed E-state index contributed by atoms with van der Waals surface area (Å²) in [4.78, 5) is 4.76. The molecule has 0 radical (unpaired) electrons. The van der Waals surface area contributed by atoms with Gasteiger partial charge in [0.2, 0.25) is 0 Å². The van der Waals surface area contributed by atoms with Crippen LogP contribution in [0.3, 0.4) is 0 Å². The predicted molar refractivity (Wildman–Crippen MR) is 87.1 cm³/mol. The minimum absolute atomic E-state index is 0.963. The van der Waals surface area contributed by atoms with E-state index < -0.39 is 0 Å². The second-order valence-corrected chi connectivity index (χ2v) is 5.76. The van der Waals surface area contributed by atoms with Gasteiger partial charge in [0.15, 0.2) is 0 Å². The van der Waals surface area contributed by atoms with Crippen LogP contribution >= 0.6 is 15.9 Å². The fourth-order valence-corrected chi connectivity index (χ4v) is 2.69. The molecule has 1 N–H and O–H groups in total. The van der Waals surface area contributed by atoms with Gasteiger partial charge in [-0.25, -0.2) is 0 Å². The molecule has 0 saturated heterocycles. The molecule has 0 unspecified atom stereocenters. The summed E-state index contributed by atoms with van der Waals surface area (Å²) in [6, 6.07) is 4.36. The van der Waals surface area contributed by atoms with Crippen LogP contribution in [0.1, 0.15) is 37.1 Å². The Balaban J connectivity index is 2.72. The summed E-state index contributed by atoms with van der Waals surface area (Å²) in [5, 5.41) is 4.78. The van der Waals surface area contributed by atoms with E-state index in [0.717, 1.165) is 30.6 Å². The smallest absolute Gasteiger partial charge is 0.0732 e. The number of pyridine rings is 1. The van der Waals surface area contributed by atoms with Crippen molar-refractivity contribution in [3.05, 3.63) is 33.4 Å². The normalized spacial score (nSPS) is 11.0. The number of rotatable bonds is 4. The number of anilines is 1. The number of halogens is 1. The molecule has 1 heterocycles. The molecule has 2 nitrogen and oxygen atoms in total. The lowest BCUT2D eigenvalue weighted by molar-refractivity contribution is 0.976. The van der Waals surface area contributed by atoms with E-state index in [4.69, 9.17) is 4.98 Å². The van der Waals surface area contributed by atoms with Gasteiger partial charge < -0.3 is 5.32 Å². The summed E-state index contributed by atoms with van der Waals surface area (Å²) < 4.78 is 1.19. The molecule has 1 aromatic carbocycles. The van der Waals surface area contributed by atoms with Crippen LogP contribution in [0.5, 0.6) is 0 Å². The van der Waals surface area contributed by atoms with Gasteiger partial charge in [-0.05, 0) is 49.9 Å². The number of aromatic nitrogens is 1. The molecular formula is C16H21BrN2. The quantitative estimate of drug-likeness (QED) is 0.857. The molecule has 0 aliphatic rings. The van der Waals surface area contributed by atoms with E-state index in [1.54, 1.807) is 0 Å². The average Bonchev–Trinajstić information content (AvgIpc) is 2.41. The highest BCUT2D eigenvalue weighted by Gasteiger charge is 2.11. The van der Waals surface area contributed by atoms with Crippen molar-refractivity contribution in [3.63, 3.8) is 0 Å². The lowest BCUT2D eigenvalue weighted by atomic mass is 10.0. The fraction of sp³-hybridized carbons (Fsp3) is 0.438. The molecule has 0 amide bonds. The maximum absolute atomic E-state index is 4.76. The van der Waals surface area contributed by atoms with Crippen molar-refractivity contribution in [2.75, 3.05) is 11.9 Å². The molecule has 0 aliphatic carbocycles. The SMILES string of the molecule is CCCNc1cc(CC)nc2cc(C)c(Br)c(C)c12. The highest BCUT2D eigenvalue weighted by atomic mass is 79.9. The summed E-state index contributed by atoms with van der Waals surface area (Å²) in [7, 11) is 0. The Labute approximate surface area is 123 Å². The van der Waals surface area contributed by atoms with Gasteiger partial charge >= 0.3 is 0 Å². The van der Waals surface area contributed by atoms with E-state index in [0.29, 0.717) is 0 Å². The van der Waals surface area contributed by atoms with Gasteiger partial charge in [0.05, 0.1) is 5.52 Å². The number of nitrogens with one attached hydrogen (secondary N) is 1. The van der Waals surface area contributed by atoms with Crippen LogP contribution in [0.2, 0.25) is 0 Å². The van der Waals surface area contributed by atoms with Crippen LogP contribution in [0.25, 0.3) is 10.9 Å². The van der Waals surface area contributed by atoms with Crippen molar-refractivity contribution in [2.24, 2.45) is 0 Å². The van der Waals surface area contributed by atoms with Crippen LogP contribution in [0.4, 0.5) is 5.69 Å². The highest BCUT2D eigenvalue weighted by molar-refractivity contribution is 9.10. The minimum atomic E-state index is 0.963. The first-order valence-corrected chi connectivity index (χ1v) is 7.71. The number of hydrogen-bond donors (Lipinski definition) is 1. The van der Waals surface area contributed by atoms with Crippen molar-refractivity contribution in [1.82, 2.24) is 4.98 Å². The third-order valence-electron chi connectivity index (χ3n) is 3.43. The molecule has 0 aliphatic heterocycles. The Kier molecular flexibility index (Phi) is 4.46. The molecular weight excluding hydrogens is 300 g/mol. The molecule has 3 heteroatoms. The van der Waals surface area contributed by atoms with E-state index in [9.17, 15) is 0 Å². The number of fused-ring (bicyclic) bond motifs is 1. The van der Waals surface area contributed by atoms with Crippen molar-refractivity contribution in [2.45, 2.75) is 40.5 Å².